The molecule has 0 radical (unpaired) electrons. The number of nitrogens with one attached hydrogen (secondary N) is 1. The zero-order valence-corrected chi connectivity index (χ0v) is 13.7. The van der Waals surface area contributed by atoms with E-state index >= 15 is 0 Å². The van der Waals surface area contributed by atoms with Crippen molar-refractivity contribution in [2.45, 2.75) is 25.5 Å². The minimum Gasteiger partial charge on any atom is -0.479 e. The molecule has 0 spiro atoms. The molecular weight excluding hydrogens is 313 g/mol. The molecule has 1 saturated heterocycles. The molecule has 1 aromatic rings. The number of benzene rings is 1. The van der Waals surface area contributed by atoms with Gasteiger partial charge in [0.25, 0.3) is 5.91 Å². The lowest BCUT2D eigenvalue weighted by Crippen LogP contribution is -2.50. The van der Waals surface area contributed by atoms with Gasteiger partial charge in [-0.05, 0) is 25.5 Å². The van der Waals surface area contributed by atoms with Crippen molar-refractivity contribution in [3.63, 3.8) is 0 Å². The number of halogens is 1. The summed E-state index contributed by atoms with van der Waals surface area (Å²) >= 11 is 0. The zero-order valence-electron chi connectivity index (χ0n) is 13.7. The summed E-state index contributed by atoms with van der Waals surface area (Å²) in [5.74, 6) is 0.168. The van der Waals surface area contributed by atoms with Gasteiger partial charge >= 0.3 is 0 Å². The number of likely N-dealkylation sites (tertiary alicyclic amines) is 1. The quantitative estimate of drug-likeness (QED) is 0.871. The predicted molar refractivity (Wildman–Crippen MR) is 87.8 cm³/mol. The Morgan fingerprint density at radius 2 is 2.21 bits per heavy atom. The Morgan fingerprint density at radius 1 is 1.42 bits per heavy atom. The molecule has 0 bridgehead atoms. The number of para-hydroxylation sites is 2. The number of ether oxygens (including phenoxy) is 1. The molecule has 24 heavy (non-hydrogen) atoms. The van der Waals surface area contributed by atoms with Gasteiger partial charge in [0.2, 0.25) is 5.91 Å². The normalized spacial score (nSPS) is 23.8. The van der Waals surface area contributed by atoms with E-state index in [-0.39, 0.29) is 31.1 Å². The standard InChI is InChI=1S/C17H22FN3O3/c1-12-17(23)21(14-4-2-3-5-15(14)24-12)11-16(22)19-13-6-8-20(10-13)9-7-18/h2-5,12-13H,6-11H2,1H3,(H,19,22). The van der Waals surface area contributed by atoms with Crippen LogP contribution in [0, 0.1) is 0 Å². The Bertz CT molecular complexity index is 625. The van der Waals surface area contributed by atoms with Gasteiger partial charge < -0.3 is 10.1 Å². The Balaban J connectivity index is 1.63. The first-order chi connectivity index (χ1) is 11.6. The van der Waals surface area contributed by atoms with Crippen LogP contribution in [-0.2, 0) is 9.59 Å². The van der Waals surface area contributed by atoms with Crippen molar-refractivity contribution in [2.24, 2.45) is 0 Å². The van der Waals surface area contributed by atoms with Crippen LogP contribution in [-0.4, -0.2) is 61.7 Å². The number of carbonyl (C=O) groups excluding carboxylic acids is 2. The number of rotatable bonds is 5. The molecule has 130 valence electrons. The van der Waals surface area contributed by atoms with E-state index in [1.807, 2.05) is 17.0 Å². The topological polar surface area (TPSA) is 61.9 Å². The highest BCUT2D eigenvalue weighted by atomic mass is 19.1. The first kappa shape index (κ1) is 16.7. The summed E-state index contributed by atoms with van der Waals surface area (Å²) in [5, 5.41) is 2.94. The average Bonchev–Trinajstić information content (AvgIpc) is 2.99. The smallest absolute Gasteiger partial charge is 0.268 e. The third-order valence-electron chi connectivity index (χ3n) is 4.41. The Kier molecular flexibility index (Phi) is 4.99. The van der Waals surface area contributed by atoms with Crippen molar-refractivity contribution in [3.8, 4) is 5.75 Å². The molecular formula is C17H22FN3O3. The fraction of sp³-hybridized carbons (Fsp3) is 0.529. The molecule has 2 amide bonds. The molecule has 2 heterocycles. The number of anilines is 1. The monoisotopic (exact) mass is 335 g/mol. The molecule has 2 atom stereocenters. The van der Waals surface area contributed by atoms with Gasteiger partial charge in [-0.15, -0.1) is 0 Å². The fourth-order valence-electron chi connectivity index (χ4n) is 3.21. The van der Waals surface area contributed by atoms with Gasteiger partial charge in [0.15, 0.2) is 6.10 Å². The van der Waals surface area contributed by atoms with E-state index in [1.54, 1.807) is 19.1 Å². The van der Waals surface area contributed by atoms with E-state index in [0.29, 0.717) is 24.5 Å². The highest BCUT2D eigenvalue weighted by Gasteiger charge is 2.33. The molecule has 2 unspecified atom stereocenters. The highest BCUT2D eigenvalue weighted by molar-refractivity contribution is 6.03. The lowest BCUT2D eigenvalue weighted by atomic mass is 10.2. The Labute approximate surface area is 140 Å². The van der Waals surface area contributed by atoms with Crippen LogP contribution in [0.3, 0.4) is 0 Å². The van der Waals surface area contributed by atoms with Crippen molar-refractivity contribution in [3.05, 3.63) is 24.3 Å². The summed E-state index contributed by atoms with van der Waals surface area (Å²) in [6, 6.07) is 7.20. The first-order valence-electron chi connectivity index (χ1n) is 8.23. The Hall–Kier alpha value is -2.15. The van der Waals surface area contributed by atoms with E-state index < -0.39 is 6.10 Å². The zero-order chi connectivity index (χ0) is 17.1. The van der Waals surface area contributed by atoms with Crippen LogP contribution in [0.25, 0.3) is 0 Å². The molecule has 1 N–H and O–H groups in total. The molecule has 3 rings (SSSR count). The lowest BCUT2D eigenvalue weighted by molar-refractivity contribution is -0.128. The van der Waals surface area contributed by atoms with Gasteiger partial charge in [0.1, 0.15) is 19.0 Å². The van der Waals surface area contributed by atoms with Crippen molar-refractivity contribution < 1.29 is 18.7 Å². The summed E-state index contributed by atoms with van der Waals surface area (Å²) in [5.41, 5.74) is 0.612. The maximum atomic E-state index is 12.4. The van der Waals surface area contributed by atoms with Gasteiger partial charge in [-0.2, -0.15) is 0 Å². The van der Waals surface area contributed by atoms with Crippen LogP contribution in [0.4, 0.5) is 10.1 Å². The highest BCUT2D eigenvalue weighted by Crippen LogP contribution is 2.33. The third kappa shape index (κ3) is 3.51. The van der Waals surface area contributed by atoms with Gasteiger partial charge in [-0.25, -0.2) is 4.39 Å². The summed E-state index contributed by atoms with van der Waals surface area (Å²) in [6.45, 7) is 3.10. The minimum atomic E-state index is -0.612. The molecule has 1 fully saturated rings. The number of nitrogens with zero attached hydrogens (tertiary/aromatic N) is 2. The van der Waals surface area contributed by atoms with Gasteiger partial charge in [0.05, 0.1) is 5.69 Å². The predicted octanol–water partition coefficient (Wildman–Crippen LogP) is 0.960. The SMILES string of the molecule is CC1Oc2ccccc2N(CC(=O)NC2CCN(CCF)C2)C1=O. The van der Waals surface area contributed by atoms with Gasteiger partial charge in [-0.1, -0.05) is 12.1 Å². The lowest BCUT2D eigenvalue weighted by Gasteiger charge is -2.32. The van der Waals surface area contributed by atoms with E-state index in [1.165, 1.54) is 4.90 Å². The largest absolute Gasteiger partial charge is 0.479 e. The molecule has 2 aliphatic rings. The van der Waals surface area contributed by atoms with Crippen LogP contribution < -0.4 is 15.0 Å². The summed E-state index contributed by atoms with van der Waals surface area (Å²) in [7, 11) is 0. The number of amides is 2. The van der Waals surface area contributed by atoms with Crippen LogP contribution in [0.2, 0.25) is 0 Å². The minimum absolute atomic E-state index is 0.00728. The fourth-order valence-corrected chi connectivity index (χ4v) is 3.21. The molecule has 0 saturated carbocycles. The number of fused-ring (bicyclic) bond motifs is 1. The molecule has 1 aromatic carbocycles. The van der Waals surface area contributed by atoms with Crippen molar-refractivity contribution in [1.29, 1.82) is 0 Å². The second kappa shape index (κ2) is 7.17. The second-order valence-electron chi connectivity index (χ2n) is 6.19. The number of hydrogen-bond donors (Lipinski definition) is 1. The summed E-state index contributed by atoms with van der Waals surface area (Å²) < 4.78 is 17.9. The average molecular weight is 335 g/mol. The van der Waals surface area contributed by atoms with Gasteiger partial charge in [-0.3, -0.25) is 19.4 Å². The van der Waals surface area contributed by atoms with Crippen molar-refractivity contribution >= 4 is 17.5 Å². The van der Waals surface area contributed by atoms with E-state index in [2.05, 4.69) is 5.32 Å². The molecule has 6 nitrogen and oxygen atoms in total. The van der Waals surface area contributed by atoms with Crippen LogP contribution in [0.5, 0.6) is 5.75 Å². The Morgan fingerprint density at radius 3 is 3.00 bits per heavy atom. The second-order valence-corrected chi connectivity index (χ2v) is 6.19. The first-order valence-corrected chi connectivity index (χ1v) is 8.23. The molecule has 2 aliphatic heterocycles. The summed E-state index contributed by atoms with van der Waals surface area (Å²) in [6.07, 6.45) is 0.190. The van der Waals surface area contributed by atoms with Crippen molar-refractivity contribution in [2.75, 3.05) is 37.8 Å². The van der Waals surface area contributed by atoms with E-state index in [4.69, 9.17) is 4.74 Å². The van der Waals surface area contributed by atoms with Gasteiger partial charge in [0, 0.05) is 25.7 Å². The van der Waals surface area contributed by atoms with Crippen LogP contribution in [0.1, 0.15) is 13.3 Å². The number of carbonyl (C=O) groups is 2. The summed E-state index contributed by atoms with van der Waals surface area (Å²) in [4.78, 5) is 28.2. The number of hydrogen-bond acceptors (Lipinski definition) is 4. The molecule has 0 aliphatic carbocycles. The van der Waals surface area contributed by atoms with Crippen LogP contribution in [0.15, 0.2) is 24.3 Å². The maximum Gasteiger partial charge on any atom is 0.268 e. The van der Waals surface area contributed by atoms with E-state index in [0.717, 1.165) is 13.0 Å². The maximum absolute atomic E-state index is 12.4. The molecule has 7 heteroatoms. The van der Waals surface area contributed by atoms with E-state index in [9.17, 15) is 14.0 Å². The van der Waals surface area contributed by atoms with Crippen molar-refractivity contribution in [1.82, 2.24) is 10.2 Å². The van der Waals surface area contributed by atoms with Crippen LogP contribution >= 0.6 is 0 Å². The number of alkyl halides is 1. The molecule has 0 aromatic heterocycles. The third-order valence-corrected chi connectivity index (χ3v) is 4.41.